The maximum atomic E-state index is 13.3. The highest BCUT2D eigenvalue weighted by Gasteiger charge is 2.33. The van der Waals surface area contributed by atoms with Crippen LogP contribution in [0.4, 0.5) is 10.1 Å². The predicted octanol–water partition coefficient (Wildman–Crippen LogP) is 2.97. The van der Waals surface area contributed by atoms with Gasteiger partial charge in [0.25, 0.3) is 5.91 Å². The molecule has 1 aliphatic rings. The molecule has 0 aromatic heterocycles. The van der Waals surface area contributed by atoms with Crippen LogP contribution < -0.4 is 19.7 Å². The number of nitrogens with one attached hydrogen (secondary N) is 1. The lowest BCUT2D eigenvalue weighted by molar-refractivity contribution is -0.127. The minimum atomic E-state index is -0.787. The quantitative estimate of drug-likeness (QED) is 0.493. The number of halogens is 1. The first-order valence-corrected chi connectivity index (χ1v) is 11.8. The van der Waals surface area contributed by atoms with Crippen LogP contribution in [0.1, 0.15) is 36.7 Å². The smallest absolute Gasteiger partial charge is 0.265 e. The fourth-order valence-electron chi connectivity index (χ4n) is 3.91. The van der Waals surface area contributed by atoms with Gasteiger partial charge in [0.15, 0.2) is 19.0 Å². The van der Waals surface area contributed by atoms with Crippen LogP contribution in [0.15, 0.2) is 36.4 Å². The van der Waals surface area contributed by atoms with E-state index in [2.05, 4.69) is 24.1 Å². The summed E-state index contributed by atoms with van der Waals surface area (Å²) in [4.78, 5) is 41.9. The van der Waals surface area contributed by atoms with Gasteiger partial charge in [-0.1, -0.05) is 13.8 Å². The highest BCUT2D eigenvalue weighted by Crippen LogP contribution is 2.34. The number of carbonyl (C=O) groups excluding carboxylic acids is 3. The number of aryl methyl sites for hydroxylation is 1. The molecule has 1 aliphatic heterocycles. The van der Waals surface area contributed by atoms with Crippen molar-refractivity contribution in [3.05, 3.63) is 53.3 Å². The monoisotopic (exact) mass is 485 g/mol. The van der Waals surface area contributed by atoms with E-state index in [-0.39, 0.29) is 36.6 Å². The molecular formula is C26H32FN3O5. The van der Waals surface area contributed by atoms with Gasteiger partial charge in [-0.15, -0.1) is 0 Å². The Morgan fingerprint density at radius 2 is 1.94 bits per heavy atom. The van der Waals surface area contributed by atoms with Crippen LogP contribution in [-0.2, 0) is 9.59 Å². The molecule has 35 heavy (non-hydrogen) atoms. The third kappa shape index (κ3) is 6.36. The van der Waals surface area contributed by atoms with Crippen LogP contribution in [-0.4, -0.2) is 67.9 Å². The van der Waals surface area contributed by atoms with E-state index in [0.29, 0.717) is 41.4 Å². The summed E-state index contributed by atoms with van der Waals surface area (Å²) < 4.78 is 24.4. The number of fused-ring (bicyclic) bond motifs is 1. The standard InChI is InChI=1S/C26H32FN3O5/c1-5-29(6-2)12-11-28-26(33)18(4)30-21-14-19(7-9-24(21)35-16-25(30)32)22(31)15-34-23-10-8-20(27)13-17(23)3/h7-10,13-14,18H,5-6,11-12,15-16H2,1-4H3,(H,28,33). The first-order chi connectivity index (χ1) is 16.7. The molecule has 0 saturated heterocycles. The molecule has 0 spiro atoms. The van der Waals surface area contributed by atoms with Gasteiger partial charge in [0, 0.05) is 18.7 Å². The molecule has 2 aromatic rings. The average molecular weight is 486 g/mol. The van der Waals surface area contributed by atoms with E-state index >= 15 is 0 Å². The van der Waals surface area contributed by atoms with Crippen molar-refractivity contribution in [1.82, 2.24) is 10.2 Å². The number of anilines is 1. The number of carbonyl (C=O) groups is 3. The maximum Gasteiger partial charge on any atom is 0.265 e. The SMILES string of the molecule is CCN(CC)CCNC(=O)C(C)N1C(=O)COc2ccc(C(=O)COc3ccc(F)cc3C)cc21. The fraction of sp³-hybridized carbons (Fsp3) is 0.423. The van der Waals surface area contributed by atoms with Crippen molar-refractivity contribution in [3.8, 4) is 11.5 Å². The van der Waals surface area contributed by atoms with E-state index < -0.39 is 6.04 Å². The number of likely N-dealkylation sites (N-methyl/N-ethyl adjacent to an activating group) is 1. The van der Waals surface area contributed by atoms with Crippen LogP contribution in [0.2, 0.25) is 0 Å². The second-order valence-electron chi connectivity index (χ2n) is 8.35. The van der Waals surface area contributed by atoms with Crippen LogP contribution >= 0.6 is 0 Å². The van der Waals surface area contributed by atoms with Gasteiger partial charge >= 0.3 is 0 Å². The van der Waals surface area contributed by atoms with Crippen LogP contribution in [0.25, 0.3) is 0 Å². The van der Waals surface area contributed by atoms with Gasteiger partial charge in [-0.2, -0.15) is 0 Å². The summed E-state index contributed by atoms with van der Waals surface area (Å²) in [6.07, 6.45) is 0. The number of Topliss-reactive ketones (excluding diaryl/α,β-unsaturated/α-hetero) is 1. The predicted molar refractivity (Wildman–Crippen MR) is 131 cm³/mol. The van der Waals surface area contributed by atoms with E-state index in [1.165, 1.54) is 29.2 Å². The zero-order valence-electron chi connectivity index (χ0n) is 20.6. The normalized spacial score (nSPS) is 13.8. The van der Waals surface area contributed by atoms with Crippen molar-refractivity contribution >= 4 is 23.3 Å². The summed E-state index contributed by atoms with van der Waals surface area (Å²) >= 11 is 0. The van der Waals surface area contributed by atoms with E-state index in [1.807, 2.05) is 0 Å². The number of ketones is 1. The molecule has 0 fully saturated rings. The molecule has 0 radical (unpaired) electrons. The van der Waals surface area contributed by atoms with Gasteiger partial charge < -0.3 is 19.7 Å². The largest absolute Gasteiger partial charge is 0.485 e. The van der Waals surface area contributed by atoms with E-state index in [4.69, 9.17) is 9.47 Å². The minimum Gasteiger partial charge on any atom is -0.485 e. The van der Waals surface area contributed by atoms with Gasteiger partial charge in [0.2, 0.25) is 5.91 Å². The zero-order chi connectivity index (χ0) is 25.5. The molecule has 1 N–H and O–H groups in total. The highest BCUT2D eigenvalue weighted by molar-refractivity contribution is 6.05. The van der Waals surface area contributed by atoms with Gasteiger partial charge in [-0.25, -0.2) is 4.39 Å². The molecule has 2 aromatic carbocycles. The summed E-state index contributed by atoms with van der Waals surface area (Å²) in [7, 11) is 0. The third-order valence-corrected chi connectivity index (χ3v) is 6.04. The van der Waals surface area contributed by atoms with Crippen molar-refractivity contribution in [3.63, 3.8) is 0 Å². The van der Waals surface area contributed by atoms with Gasteiger partial charge in [-0.3, -0.25) is 19.3 Å². The third-order valence-electron chi connectivity index (χ3n) is 6.04. The van der Waals surface area contributed by atoms with E-state index in [1.54, 1.807) is 26.0 Å². The van der Waals surface area contributed by atoms with Gasteiger partial charge in [0.1, 0.15) is 23.4 Å². The molecule has 0 saturated carbocycles. The Bertz CT molecular complexity index is 1090. The molecule has 188 valence electrons. The molecule has 0 aliphatic carbocycles. The van der Waals surface area contributed by atoms with Crippen molar-refractivity contribution < 1.29 is 28.2 Å². The van der Waals surface area contributed by atoms with Crippen LogP contribution in [0.5, 0.6) is 11.5 Å². The van der Waals surface area contributed by atoms with Crippen molar-refractivity contribution in [2.45, 2.75) is 33.7 Å². The summed E-state index contributed by atoms with van der Waals surface area (Å²) in [5.74, 6) is -0.540. The Labute approximate surface area is 205 Å². The van der Waals surface area contributed by atoms with E-state index in [9.17, 15) is 18.8 Å². The Kier molecular flexibility index (Phi) is 8.81. The van der Waals surface area contributed by atoms with Gasteiger partial charge in [-0.05, 0) is 68.9 Å². The number of hydrogen-bond acceptors (Lipinski definition) is 6. The number of hydrogen-bond donors (Lipinski definition) is 1. The molecule has 1 heterocycles. The summed E-state index contributed by atoms with van der Waals surface area (Å²) in [6, 6.07) is 8.01. The lowest BCUT2D eigenvalue weighted by Gasteiger charge is -2.33. The molecule has 1 unspecified atom stereocenters. The second-order valence-corrected chi connectivity index (χ2v) is 8.35. The van der Waals surface area contributed by atoms with E-state index in [0.717, 1.165) is 13.1 Å². The van der Waals surface area contributed by atoms with Crippen molar-refractivity contribution in [2.24, 2.45) is 0 Å². The molecule has 8 nitrogen and oxygen atoms in total. The molecule has 1 atom stereocenters. The first-order valence-electron chi connectivity index (χ1n) is 11.8. The lowest BCUT2D eigenvalue weighted by Crippen LogP contribution is -2.52. The summed E-state index contributed by atoms with van der Waals surface area (Å²) in [6.45, 7) is 9.96. The molecular weight excluding hydrogens is 453 g/mol. The topological polar surface area (TPSA) is 88.2 Å². The number of amides is 2. The first kappa shape index (κ1) is 26.2. The van der Waals surface area contributed by atoms with Gasteiger partial charge in [0.05, 0.1) is 5.69 Å². The van der Waals surface area contributed by atoms with Crippen molar-refractivity contribution in [2.75, 3.05) is 44.3 Å². The fourth-order valence-corrected chi connectivity index (χ4v) is 3.91. The van der Waals surface area contributed by atoms with Crippen LogP contribution in [0.3, 0.4) is 0 Å². The highest BCUT2D eigenvalue weighted by atomic mass is 19.1. The number of ether oxygens (including phenoxy) is 2. The average Bonchev–Trinajstić information content (AvgIpc) is 2.85. The Balaban J connectivity index is 1.72. The summed E-state index contributed by atoms with van der Waals surface area (Å²) in [5.41, 5.74) is 1.24. The Hall–Kier alpha value is -3.46. The molecule has 2 amide bonds. The lowest BCUT2D eigenvalue weighted by atomic mass is 10.1. The molecule has 3 rings (SSSR count). The number of rotatable bonds is 11. The minimum absolute atomic E-state index is 0.190. The molecule has 0 bridgehead atoms. The number of benzene rings is 2. The second kappa shape index (κ2) is 11.8. The summed E-state index contributed by atoms with van der Waals surface area (Å²) in [5, 5.41) is 2.89. The van der Waals surface area contributed by atoms with Crippen LogP contribution in [0, 0.1) is 12.7 Å². The van der Waals surface area contributed by atoms with Crippen molar-refractivity contribution in [1.29, 1.82) is 0 Å². The zero-order valence-corrected chi connectivity index (χ0v) is 20.6. The number of nitrogens with zero attached hydrogens (tertiary/aromatic N) is 2. The Morgan fingerprint density at radius 1 is 1.20 bits per heavy atom. The Morgan fingerprint density at radius 3 is 2.63 bits per heavy atom. The molecule has 9 heteroatoms. The maximum absolute atomic E-state index is 13.3.